The molecule has 158 valence electrons. The van der Waals surface area contributed by atoms with Crippen LogP contribution in [0.15, 0.2) is 34.9 Å². The van der Waals surface area contributed by atoms with Gasteiger partial charge in [0.1, 0.15) is 23.7 Å². The second kappa shape index (κ2) is 8.08. The van der Waals surface area contributed by atoms with Gasteiger partial charge in [0, 0.05) is 47.0 Å². The average Bonchev–Trinajstić information content (AvgIpc) is 3.09. The van der Waals surface area contributed by atoms with Crippen LogP contribution in [0.4, 0.5) is 0 Å². The largest absolute Gasteiger partial charge is 0.489 e. The Kier molecular flexibility index (Phi) is 5.49. The lowest BCUT2D eigenvalue weighted by Crippen LogP contribution is -2.38. The van der Waals surface area contributed by atoms with Gasteiger partial charge in [-0.3, -0.25) is 9.78 Å². The minimum absolute atomic E-state index is 0.0970. The van der Waals surface area contributed by atoms with E-state index in [0.717, 1.165) is 16.8 Å². The summed E-state index contributed by atoms with van der Waals surface area (Å²) in [4.78, 5) is 16.6. The maximum atomic E-state index is 12.3. The Hall–Kier alpha value is -2.90. The van der Waals surface area contributed by atoms with Gasteiger partial charge in [-0.15, -0.1) is 0 Å². The zero-order valence-corrected chi connectivity index (χ0v) is 17.2. The molecule has 1 amide bonds. The molecule has 1 aliphatic rings. The molecule has 1 aromatic carbocycles. The summed E-state index contributed by atoms with van der Waals surface area (Å²) in [6.07, 6.45) is 2.95. The van der Waals surface area contributed by atoms with Gasteiger partial charge < -0.3 is 24.7 Å². The molecular formula is C23H26N2O5. The molecule has 1 fully saturated rings. The van der Waals surface area contributed by atoms with Crippen molar-refractivity contribution in [3.8, 4) is 5.75 Å². The third-order valence-corrected chi connectivity index (χ3v) is 6.02. The molecule has 1 aliphatic heterocycles. The van der Waals surface area contributed by atoms with E-state index in [1.54, 1.807) is 19.2 Å². The standard InChI is InChI=1S/C23H26N2O5/c1-14-16(4-3-9-25-14)12-29-18-6-5-17-20(19(22(24)27)15(2)30-17)21(18)23(13-26)7-10-28-11-8-23/h3-6,9,26H,7-8,10-13H2,1-2H3,(H2,24,27). The number of ether oxygens (including phenoxy) is 2. The number of carbonyl (C=O) groups excluding carboxylic acids is 1. The van der Waals surface area contributed by atoms with E-state index >= 15 is 0 Å². The summed E-state index contributed by atoms with van der Waals surface area (Å²) in [5, 5.41) is 11.1. The van der Waals surface area contributed by atoms with Crippen LogP contribution in [-0.4, -0.2) is 35.8 Å². The highest BCUT2D eigenvalue weighted by atomic mass is 16.5. The van der Waals surface area contributed by atoms with E-state index in [2.05, 4.69) is 4.98 Å². The fourth-order valence-corrected chi connectivity index (χ4v) is 4.31. The van der Waals surface area contributed by atoms with Crippen LogP contribution in [0, 0.1) is 13.8 Å². The summed E-state index contributed by atoms with van der Waals surface area (Å²) >= 11 is 0. The summed E-state index contributed by atoms with van der Waals surface area (Å²) < 4.78 is 17.6. The van der Waals surface area contributed by atoms with Crippen molar-refractivity contribution in [3.05, 3.63) is 58.6 Å². The van der Waals surface area contributed by atoms with Crippen LogP contribution in [0.1, 0.15) is 45.8 Å². The van der Waals surface area contributed by atoms with Crippen LogP contribution in [0.2, 0.25) is 0 Å². The zero-order valence-electron chi connectivity index (χ0n) is 17.2. The molecule has 2 aromatic heterocycles. The summed E-state index contributed by atoms with van der Waals surface area (Å²) in [5.41, 5.74) is 8.60. The first-order valence-electron chi connectivity index (χ1n) is 10.0. The van der Waals surface area contributed by atoms with E-state index in [1.807, 2.05) is 25.1 Å². The van der Waals surface area contributed by atoms with Crippen molar-refractivity contribution in [2.24, 2.45) is 5.73 Å². The van der Waals surface area contributed by atoms with E-state index in [1.165, 1.54) is 0 Å². The lowest BCUT2D eigenvalue weighted by atomic mass is 9.72. The molecule has 0 spiro atoms. The van der Waals surface area contributed by atoms with Gasteiger partial charge in [-0.2, -0.15) is 0 Å². The van der Waals surface area contributed by atoms with Crippen molar-refractivity contribution < 1.29 is 23.8 Å². The average molecular weight is 410 g/mol. The Balaban J connectivity index is 1.90. The maximum Gasteiger partial charge on any atom is 0.252 e. The van der Waals surface area contributed by atoms with E-state index in [4.69, 9.17) is 19.6 Å². The SMILES string of the molecule is Cc1ncccc1COc1ccc2oc(C)c(C(N)=O)c2c1C1(CO)CCOCC1. The predicted molar refractivity (Wildman–Crippen MR) is 112 cm³/mol. The van der Waals surface area contributed by atoms with E-state index < -0.39 is 11.3 Å². The molecule has 0 radical (unpaired) electrons. The molecule has 0 saturated carbocycles. The molecule has 30 heavy (non-hydrogen) atoms. The molecule has 1 saturated heterocycles. The normalized spacial score (nSPS) is 16.0. The van der Waals surface area contributed by atoms with Crippen LogP contribution in [0.25, 0.3) is 11.0 Å². The Morgan fingerprint density at radius 1 is 1.27 bits per heavy atom. The molecule has 7 heteroatoms. The topological polar surface area (TPSA) is 108 Å². The highest BCUT2D eigenvalue weighted by Crippen LogP contribution is 2.46. The van der Waals surface area contributed by atoms with Gasteiger partial charge in [0.25, 0.3) is 5.91 Å². The molecule has 0 atom stereocenters. The van der Waals surface area contributed by atoms with Crippen LogP contribution >= 0.6 is 0 Å². The first kappa shape index (κ1) is 20.4. The van der Waals surface area contributed by atoms with Gasteiger partial charge in [-0.05, 0) is 44.9 Å². The van der Waals surface area contributed by atoms with Crippen molar-refractivity contribution in [1.29, 1.82) is 0 Å². The van der Waals surface area contributed by atoms with E-state index in [-0.39, 0.29) is 6.61 Å². The molecule has 0 unspecified atom stereocenters. The number of aliphatic hydroxyl groups excluding tert-OH is 1. The molecule has 0 aliphatic carbocycles. The quantitative estimate of drug-likeness (QED) is 0.646. The minimum atomic E-state index is -0.614. The van der Waals surface area contributed by atoms with Gasteiger partial charge in [0.2, 0.25) is 0 Å². The molecule has 3 aromatic rings. The summed E-state index contributed by atoms with van der Waals surface area (Å²) in [6, 6.07) is 7.46. The van der Waals surface area contributed by atoms with Gasteiger partial charge in [0.15, 0.2) is 0 Å². The number of nitrogens with two attached hydrogens (primary N) is 1. The van der Waals surface area contributed by atoms with E-state index in [9.17, 15) is 9.90 Å². The fraction of sp³-hybridized carbons (Fsp3) is 0.391. The number of benzene rings is 1. The predicted octanol–water partition coefficient (Wildman–Crippen LogP) is 3.16. The number of hydrogen-bond acceptors (Lipinski definition) is 6. The van der Waals surface area contributed by atoms with Crippen molar-refractivity contribution in [3.63, 3.8) is 0 Å². The lowest BCUT2D eigenvalue weighted by molar-refractivity contribution is 0.0246. The second-order valence-electron chi connectivity index (χ2n) is 7.80. The summed E-state index contributed by atoms with van der Waals surface area (Å²) in [6.45, 7) is 4.90. The number of amides is 1. The van der Waals surface area contributed by atoms with Crippen molar-refractivity contribution in [1.82, 2.24) is 4.98 Å². The van der Waals surface area contributed by atoms with Crippen LogP contribution in [0.5, 0.6) is 5.75 Å². The first-order valence-corrected chi connectivity index (χ1v) is 10.0. The molecule has 7 nitrogen and oxygen atoms in total. The minimum Gasteiger partial charge on any atom is -0.489 e. The zero-order chi connectivity index (χ0) is 21.3. The van der Waals surface area contributed by atoms with Gasteiger partial charge in [-0.1, -0.05) is 6.07 Å². The lowest BCUT2D eigenvalue weighted by Gasteiger charge is -2.37. The first-order chi connectivity index (χ1) is 14.5. The Morgan fingerprint density at radius 2 is 2.03 bits per heavy atom. The number of pyridine rings is 1. The Labute approximate surface area is 174 Å². The second-order valence-corrected chi connectivity index (χ2v) is 7.80. The number of carbonyl (C=O) groups is 1. The van der Waals surface area contributed by atoms with Crippen molar-refractivity contribution in [2.45, 2.75) is 38.7 Å². The van der Waals surface area contributed by atoms with Crippen LogP contribution in [-0.2, 0) is 16.8 Å². The Morgan fingerprint density at radius 3 is 2.70 bits per heavy atom. The van der Waals surface area contributed by atoms with Gasteiger partial charge in [-0.25, -0.2) is 0 Å². The van der Waals surface area contributed by atoms with Crippen LogP contribution in [0.3, 0.4) is 0 Å². The van der Waals surface area contributed by atoms with Gasteiger partial charge >= 0.3 is 0 Å². The van der Waals surface area contributed by atoms with Crippen molar-refractivity contribution >= 4 is 16.9 Å². The number of aliphatic hydroxyl groups is 1. The number of hydrogen-bond donors (Lipinski definition) is 2. The highest BCUT2D eigenvalue weighted by molar-refractivity contribution is 6.08. The number of aromatic nitrogens is 1. The molecule has 0 bridgehead atoms. The number of primary amides is 1. The maximum absolute atomic E-state index is 12.3. The molecule has 3 heterocycles. The fourth-order valence-electron chi connectivity index (χ4n) is 4.31. The third-order valence-electron chi connectivity index (χ3n) is 6.02. The smallest absolute Gasteiger partial charge is 0.252 e. The van der Waals surface area contributed by atoms with Gasteiger partial charge in [0.05, 0.1) is 12.2 Å². The monoisotopic (exact) mass is 410 g/mol. The Bertz CT molecular complexity index is 1080. The number of nitrogens with zero attached hydrogens (tertiary/aromatic N) is 1. The van der Waals surface area contributed by atoms with E-state index in [0.29, 0.717) is 60.7 Å². The van der Waals surface area contributed by atoms with Crippen LogP contribution < -0.4 is 10.5 Å². The molecule has 3 N–H and O–H groups in total. The number of aryl methyl sites for hydroxylation is 2. The number of furan rings is 1. The summed E-state index contributed by atoms with van der Waals surface area (Å²) in [5.74, 6) is 0.497. The highest BCUT2D eigenvalue weighted by Gasteiger charge is 2.40. The third kappa shape index (κ3) is 3.44. The molecule has 4 rings (SSSR count). The number of rotatable bonds is 6. The number of fused-ring (bicyclic) bond motifs is 1. The molecular weight excluding hydrogens is 384 g/mol. The van der Waals surface area contributed by atoms with Crippen molar-refractivity contribution in [2.75, 3.05) is 19.8 Å². The summed E-state index contributed by atoms with van der Waals surface area (Å²) in [7, 11) is 0.